The zero-order valence-electron chi connectivity index (χ0n) is 10.4. The molecule has 1 N–H and O–H groups in total. The van der Waals surface area contributed by atoms with Crippen molar-refractivity contribution < 1.29 is 4.74 Å². The lowest BCUT2D eigenvalue weighted by atomic mass is 10.0. The number of nitrogens with one attached hydrogen (secondary N) is 1. The molecular weight excluding hydrogens is 198 g/mol. The van der Waals surface area contributed by atoms with Gasteiger partial charge in [-0.05, 0) is 29.7 Å². The van der Waals surface area contributed by atoms with Crippen LogP contribution in [0, 0.1) is 0 Å². The quantitative estimate of drug-likeness (QED) is 0.821. The molecular formula is C14H21NO. The van der Waals surface area contributed by atoms with Crippen molar-refractivity contribution in [2.45, 2.75) is 20.3 Å². The molecule has 0 radical (unpaired) electrons. The number of rotatable bonds is 2. The van der Waals surface area contributed by atoms with Crippen LogP contribution in [0.5, 0.6) is 0 Å². The Hall–Kier alpha value is -1.28. The Morgan fingerprint density at radius 3 is 2.31 bits per heavy atom. The topological polar surface area (TPSA) is 21.3 Å². The van der Waals surface area contributed by atoms with Gasteiger partial charge in [-0.2, -0.15) is 0 Å². The van der Waals surface area contributed by atoms with Crippen LogP contribution in [0.2, 0.25) is 0 Å². The Morgan fingerprint density at radius 2 is 1.81 bits per heavy atom. The maximum Gasteiger partial charge on any atom is 0.0653 e. The van der Waals surface area contributed by atoms with Crippen LogP contribution in [0.3, 0.4) is 0 Å². The van der Waals surface area contributed by atoms with Crippen LogP contribution in [0.4, 0.5) is 5.69 Å². The predicted octanol–water partition coefficient (Wildman–Crippen LogP) is 3.56. The van der Waals surface area contributed by atoms with E-state index in [1.165, 1.54) is 11.1 Å². The Morgan fingerprint density at radius 1 is 1.12 bits per heavy atom. The summed E-state index contributed by atoms with van der Waals surface area (Å²) in [5.74, 6) is 0. The minimum Gasteiger partial charge on any atom is -0.388 e. The van der Waals surface area contributed by atoms with E-state index < -0.39 is 0 Å². The zero-order chi connectivity index (χ0) is 11.8. The lowest BCUT2D eigenvalue weighted by Gasteiger charge is -2.13. The third-order valence-electron chi connectivity index (χ3n) is 2.51. The van der Waals surface area contributed by atoms with Crippen LogP contribution in [0.1, 0.15) is 25.8 Å². The van der Waals surface area contributed by atoms with Crippen LogP contribution < -0.4 is 5.32 Å². The van der Waals surface area contributed by atoms with Crippen LogP contribution in [0.15, 0.2) is 30.3 Å². The van der Waals surface area contributed by atoms with E-state index in [2.05, 4.69) is 35.7 Å². The first kappa shape index (κ1) is 12.8. The second kappa shape index (κ2) is 7.07. The summed E-state index contributed by atoms with van der Waals surface area (Å²) in [6.07, 6.45) is 3.19. The van der Waals surface area contributed by atoms with Crippen molar-refractivity contribution in [2.24, 2.45) is 0 Å². The lowest BCUT2D eigenvalue weighted by molar-refractivity contribution is 0.161. The molecule has 1 aromatic rings. The van der Waals surface area contributed by atoms with Crippen molar-refractivity contribution in [3.8, 4) is 0 Å². The van der Waals surface area contributed by atoms with E-state index in [9.17, 15) is 0 Å². The predicted molar refractivity (Wildman–Crippen MR) is 70.7 cm³/mol. The van der Waals surface area contributed by atoms with Crippen LogP contribution in [0.25, 0.3) is 5.57 Å². The highest BCUT2D eigenvalue weighted by Crippen LogP contribution is 2.22. The largest absolute Gasteiger partial charge is 0.388 e. The molecule has 0 unspecified atom stereocenters. The van der Waals surface area contributed by atoms with Gasteiger partial charge in [0.2, 0.25) is 0 Å². The number of hydrogen-bond acceptors (Lipinski definition) is 2. The molecule has 1 heterocycles. The fourth-order valence-electron chi connectivity index (χ4n) is 1.64. The van der Waals surface area contributed by atoms with Crippen molar-refractivity contribution in [3.63, 3.8) is 0 Å². The number of hydrogen-bond donors (Lipinski definition) is 1. The number of anilines is 1. The Kier molecular flexibility index (Phi) is 5.65. The average molecular weight is 219 g/mol. The highest BCUT2D eigenvalue weighted by molar-refractivity contribution is 5.67. The van der Waals surface area contributed by atoms with Gasteiger partial charge >= 0.3 is 0 Å². The smallest absolute Gasteiger partial charge is 0.0653 e. The van der Waals surface area contributed by atoms with Gasteiger partial charge in [0, 0.05) is 12.7 Å². The second-order valence-corrected chi connectivity index (χ2v) is 3.38. The summed E-state index contributed by atoms with van der Waals surface area (Å²) in [5, 5.41) is 3.11. The number of benzene rings is 1. The summed E-state index contributed by atoms with van der Waals surface area (Å²) < 4.78 is 5.28. The molecule has 1 aromatic carbocycles. The molecule has 2 heteroatoms. The highest BCUT2D eigenvalue weighted by Gasteiger charge is 2.05. The molecule has 1 aliphatic heterocycles. The minimum absolute atomic E-state index is 0.753. The van der Waals surface area contributed by atoms with Crippen molar-refractivity contribution in [1.82, 2.24) is 0 Å². The standard InChI is InChI=1S/C12H15NO.C2H6/c1-13-12-4-2-10(3-5-12)11-6-8-14-9-7-11;1-2/h2-6,13H,7-9H2,1H3;1-2H3. The van der Waals surface area contributed by atoms with Gasteiger partial charge in [-0.15, -0.1) is 0 Å². The van der Waals surface area contributed by atoms with Gasteiger partial charge in [0.25, 0.3) is 0 Å². The average Bonchev–Trinajstić information content (AvgIpc) is 2.42. The molecule has 2 rings (SSSR count). The minimum atomic E-state index is 0.753. The van der Waals surface area contributed by atoms with E-state index in [1.54, 1.807) is 0 Å². The molecule has 0 fully saturated rings. The van der Waals surface area contributed by atoms with Gasteiger partial charge in [-0.1, -0.05) is 32.1 Å². The summed E-state index contributed by atoms with van der Waals surface area (Å²) in [7, 11) is 1.93. The van der Waals surface area contributed by atoms with Crippen molar-refractivity contribution in [2.75, 3.05) is 25.6 Å². The fourth-order valence-corrected chi connectivity index (χ4v) is 1.64. The lowest BCUT2D eigenvalue weighted by Crippen LogP contribution is -2.03. The number of ether oxygens (including phenoxy) is 1. The van der Waals surface area contributed by atoms with E-state index in [1.807, 2.05) is 20.9 Å². The molecule has 88 valence electrons. The third kappa shape index (κ3) is 3.38. The molecule has 0 aromatic heterocycles. The summed E-state index contributed by atoms with van der Waals surface area (Å²) in [5.41, 5.74) is 3.87. The maximum atomic E-state index is 5.28. The van der Waals surface area contributed by atoms with Crippen LogP contribution >= 0.6 is 0 Å². The van der Waals surface area contributed by atoms with Crippen molar-refractivity contribution in [1.29, 1.82) is 0 Å². The molecule has 16 heavy (non-hydrogen) atoms. The summed E-state index contributed by atoms with van der Waals surface area (Å²) >= 11 is 0. The first-order chi connectivity index (χ1) is 7.90. The third-order valence-corrected chi connectivity index (χ3v) is 2.51. The van der Waals surface area contributed by atoms with Gasteiger partial charge < -0.3 is 10.1 Å². The van der Waals surface area contributed by atoms with Crippen molar-refractivity contribution in [3.05, 3.63) is 35.9 Å². The van der Waals surface area contributed by atoms with E-state index in [-0.39, 0.29) is 0 Å². The van der Waals surface area contributed by atoms with Gasteiger partial charge in [-0.25, -0.2) is 0 Å². The second-order valence-electron chi connectivity index (χ2n) is 3.38. The van der Waals surface area contributed by atoms with Crippen LogP contribution in [-0.4, -0.2) is 20.3 Å². The van der Waals surface area contributed by atoms with Crippen molar-refractivity contribution >= 4 is 11.3 Å². The molecule has 2 nitrogen and oxygen atoms in total. The summed E-state index contributed by atoms with van der Waals surface area (Å²) in [6.45, 7) is 5.60. The first-order valence-corrected chi connectivity index (χ1v) is 5.95. The normalized spacial score (nSPS) is 14.6. The Balaban J connectivity index is 0.000000606. The molecule has 0 saturated heterocycles. The fraction of sp³-hybridized carbons (Fsp3) is 0.429. The molecule has 0 amide bonds. The first-order valence-electron chi connectivity index (χ1n) is 5.95. The van der Waals surface area contributed by atoms with Gasteiger partial charge in [-0.3, -0.25) is 0 Å². The monoisotopic (exact) mass is 219 g/mol. The maximum absolute atomic E-state index is 5.28. The van der Waals surface area contributed by atoms with E-state index in [4.69, 9.17) is 4.74 Å². The molecule has 0 atom stereocenters. The van der Waals surface area contributed by atoms with E-state index >= 15 is 0 Å². The zero-order valence-corrected chi connectivity index (χ0v) is 10.4. The molecule has 0 spiro atoms. The Bertz CT molecular complexity index is 327. The Labute approximate surface area is 98.3 Å². The highest BCUT2D eigenvalue weighted by atomic mass is 16.5. The summed E-state index contributed by atoms with van der Waals surface area (Å²) in [4.78, 5) is 0. The molecule has 1 aliphatic rings. The van der Waals surface area contributed by atoms with Crippen LogP contribution in [-0.2, 0) is 4.74 Å². The van der Waals surface area contributed by atoms with E-state index in [0.29, 0.717) is 0 Å². The molecule has 0 saturated carbocycles. The SMILES string of the molecule is CC.CNc1ccc(C2=CCOCC2)cc1. The van der Waals surface area contributed by atoms with E-state index in [0.717, 1.165) is 25.3 Å². The molecule has 0 bridgehead atoms. The summed E-state index contributed by atoms with van der Waals surface area (Å²) in [6, 6.07) is 8.52. The van der Waals surface area contributed by atoms with Gasteiger partial charge in [0.1, 0.15) is 0 Å². The van der Waals surface area contributed by atoms with Gasteiger partial charge in [0.05, 0.1) is 13.2 Å². The van der Waals surface area contributed by atoms with Gasteiger partial charge in [0.15, 0.2) is 0 Å². The molecule has 0 aliphatic carbocycles.